The van der Waals surface area contributed by atoms with E-state index < -0.39 is 35.8 Å². The number of benzene rings is 1. The summed E-state index contributed by atoms with van der Waals surface area (Å²) in [6.45, 7) is 0.514. The van der Waals surface area contributed by atoms with Crippen LogP contribution in [0.3, 0.4) is 0 Å². The van der Waals surface area contributed by atoms with Crippen molar-refractivity contribution in [3.05, 3.63) is 65.1 Å². The highest BCUT2D eigenvalue weighted by Gasteiger charge is 2.36. The number of nitrogens with zero attached hydrogens (tertiary/aromatic N) is 4. The fourth-order valence-corrected chi connectivity index (χ4v) is 3.65. The molecule has 3 aromatic rings. The van der Waals surface area contributed by atoms with Gasteiger partial charge in [0, 0.05) is 18.4 Å². The summed E-state index contributed by atoms with van der Waals surface area (Å²) in [6.07, 6.45) is -2.13. The van der Waals surface area contributed by atoms with E-state index in [1.54, 1.807) is 6.92 Å². The number of carbonyl (C=O) groups excluding carboxylic acids is 2. The molecule has 12 heteroatoms. The highest BCUT2D eigenvalue weighted by Crippen LogP contribution is 2.36. The summed E-state index contributed by atoms with van der Waals surface area (Å²) in [5.41, 5.74) is 4.34. The van der Waals surface area contributed by atoms with Crippen LogP contribution in [0.25, 0.3) is 0 Å². The summed E-state index contributed by atoms with van der Waals surface area (Å²) in [6, 6.07) is 5.44. The van der Waals surface area contributed by atoms with E-state index >= 15 is 0 Å². The van der Waals surface area contributed by atoms with Crippen molar-refractivity contribution in [1.82, 2.24) is 14.8 Å². The minimum absolute atomic E-state index is 0.0483. The van der Waals surface area contributed by atoms with Crippen LogP contribution in [0.1, 0.15) is 44.9 Å². The van der Waals surface area contributed by atoms with Gasteiger partial charge >= 0.3 is 6.18 Å². The molecule has 1 atom stereocenters. The maximum absolute atomic E-state index is 13.3. The minimum Gasteiger partial charge on any atom is -0.384 e. The number of alkyl halides is 4. The zero-order valence-electron chi connectivity index (χ0n) is 17.2. The molecular formula is C21H18F4N6O2. The number of amides is 2. The minimum atomic E-state index is -4.72. The monoisotopic (exact) mass is 462 g/mol. The number of nitrogens with two attached hydrogens (primary N) is 1. The highest BCUT2D eigenvalue weighted by molar-refractivity contribution is 6.13. The van der Waals surface area contributed by atoms with Gasteiger partial charge in [-0.2, -0.15) is 18.3 Å². The Morgan fingerprint density at radius 1 is 1.24 bits per heavy atom. The normalized spacial score (nSPS) is 16.0. The lowest BCUT2D eigenvalue weighted by Crippen LogP contribution is -2.43. The Labute approximate surface area is 185 Å². The maximum atomic E-state index is 13.3. The number of anilines is 3. The number of carbonyl (C=O) groups is 2. The number of nitrogen functional groups attached to an aromatic ring is 1. The molecule has 3 heterocycles. The lowest BCUT2D eigenvalue weighted by atomic mass is 10.0. The summed E-state index contributed by atoms with van der Waals surface area (Å²) in [5.74, 6) is -0.913. The number of halogens is 4. The van der Waals surface area contributed by atoms with Crippen molar-refractivity contribution < 1.29 is 27.2 Å². The quantitative estimate of drug-likeness (QED) is 0.574. The van der Waals surface area contributed by atoms with Crippen LogP contribution in [0.4, 0.5) is 34.8 Å². The SMILES string of the molecule is CC1CN(c2ccc(C(F)(F)F)c(CF)c2)C(=O)c2c(NC(=O)c3ccc(N)nc3)cnn21. The Bertz CT molecular complexity index is 1220. The van der Waals surface area contributed by atoms with Gasteiger partial charge in [-0.3, -0.25) is 14.3 Å². The summed E-state index contributed by atoms with van der Waals surface area (Å²) in [7, 11) is 0. The lowest BCUT2D eigenvalue weighted by molar-refractivity contribution is -0.138. The Hall–Kier alpha value is -3.96. The van der Waals surface area contributed by atoms with E-state index in [-0.39, 0.29) is 41.0 Å². The molecule has 8 nitrogen and oxygen atoms in total. The van der Waals surface area contributed by atoms with Crippen molar-refractivity contribution in [2.45, 2.75) is 25.8 Å². The van der Waals surface area contributed by atoms with Crippen LogP contribution in [0, 0.1) is 0 Å². The van der Waals surface area contributed by atoms with Gasteiger partial charge in [0.05, 0.1) is 29.1 Å². The smallest absolute Gasteiger partial charge is 0.384 e. The van der Waals surface area contributed by atoms with Gasteiger partial charge in [0.2, 0.25) is 0 Å². The Morgan fingerprint density at radius 3 is 2.64 bits per heavy atom. The molecule has 0 aliphatic carbocycles. The molecule has 0 spiro atoms. The molecule has 2 amide bonds. The third kappa shape index (κ3) is 4.11. The van der Waals surface area contributed by atoms with Crippen molar-refractivity contribution in [2.75, 3.05) is 22.5 Å². The molecule has 4 rings (SSSR count). The van der Waals surface area contributed by atoms with Crippen LogP contribution in [0.2, 0.25) is 0 Å². The molecule has 1 unspecified atom stereocenters. The van der Waals surface area contributed by atoms with E-state index in [4.69, 9.17) is 5.73 Å². The summed E-state index contributed by atoms with van der Waals surface area (Å²) in [5, 5.41) is 6.77. The average Bonchev–Trinajstić information content (AvgIpc) is 3.20. The predicted octanol–water partition coefficient (Wildman–Crippen LogP) is 3.82. The Morgan fingerprint density at radius 2 is 2.00 bits per heavy atom. The molecule has 0 saturated carbocycles. The van der Waals surface area contributed by atoms with E-state index in [1.807, 2.05) is 0 Å². The summed E-state index contributed by atoms with van der Waals surface area (Å²) >= 11 is 0. The van der Waals surface area contributed by atoms with Crippen molar-refractivity contribution in [2.24, 2.45) is 0 Å². The zero-order chi connectivity index (χ0) is 23.9. The van der Waals surface area contributed by atoms with Crippen LogP contribution in [-0.4, -0.2) is 33.1 Å². The van der Waals surface area contributed by atoms with E-state index in [0.29, 0.717) is 0 Å². The van der Waals surface area contributed by atoms with E-state index in [1.165, 1.54) is 34.1 Å². The van der Waals surface area contributed by atoms with Gasteiger partial charge in [-0.1, -0.05) is 0 Å². The first kappa shape index (κ1) is 22.2. The fourth-order valence-electron chi connectivity index (χ4n) is 3.65. The van der Waals surface area contributed by atoms with Crippen molar-refractivity contribution >= 4 is 29.0 Å². The van der Waals surface area contributed by atoms with E-state index in [9.17, 15) is 27.2 Å². The average molecular weight is 462 g/mol. The molecule has 0 radical (unpaired) electrons. The predicted molar refractivity (Wildman–Crippen MR) is 111 cm³/mol. The van der Waals surface area contributed by atoms with Crippen LogP contribution in [0.15, 0.2) is 42.7 Å². The first-order valence-corrected chi connectivity index (χ1v) is 9.78. The molecule has 3 N–H and O–H groups in total. The molecule has 0 fully saturated rings. The standard InChI is InChI=1S/C21H18F4N6O2/c1-11-10-30(14-3-4-15(21(23,24)25)13(6-14)7-22)20(33)18-16(9-28-31(11)18)29-19(32)12-2-5-17(26)27-8-12/h2-6,8-9,11H,7,10H2,1H3,(H2,26,27)(H,29,32). The van der Waals surface area contributed by atoms with Gasteiger partial charge in [-0.25, -0.2) is 9.37 Å². The number of aromatic nitrogens is 3. The molecule has 172 valence electrons. The van der Waals surface area contributed by atoms with Gasteiger partial charge in [0.15, 0.2) is 5.69 Å². The number of hydrogen-bond acceptors (Lipinski definition) is 5. The second-order valence-corrected chi connectivity index (χ2v) is 7.51. The third-order valence-electron chi connectivity index (χ3n) is 5.25. The molecule has 1 aliphatic heterocycles. The lowest BCUT2D eigenvalue weighted by Gasteiger charge is -2.32. The van der Waals surface area contributed by atoms with Gasteiger partial charge in [0.25, 0.3) is 11.8 Å². The summed E-state index contributed by atoms with van der Waals surface area (Å²) < 4.78 is 54.2. The second-order valence-electron chi connectivity index (χ2n) is 7.51. The first-order chi connectivity index (χ1) is 15.6. The number of fused-ring (bicyclic) bond motifs is 1. The molecule has 0 bridgehead atoms. The molecule has 2 aromatic heterocycles. The molecular weight excluding hydrogens is 444 g/mol. The topological polar surface area (TPSA) is 106 Å². The number of pyridine rings is 1. The van der Waals surface area contributed by atoms with Crippen molar-refractivity contribution in [3.8, 4) is 0 Å². The Kier molecular flexibility index (Phi) is 5.52. The number of nitrogens with one attached hydrogen (secondary N) is 1. The van der Waals surface area contributed by atoms with Crippen LogP contribution in [-0.2, 0) is 12.9 Å². The van der Waals surface area contributed by atoms with E-state index in [2.05, 4.69) is 15.4 Å². The summed E-state index contributed by atoms with van der Waals surface area (Å²) in [4.78, 5) is 30.9. The third-order valence-corrected chi connectivity index (χ3v) is 5.25. The maximum Gasteiger partial charge on any atom is 0.416 e. The van der Waals surface area contributed by atoms with Crippen LogP contribution in [0.5, 0.6) is 0 Å². The van der Waals surface area contributed by atoms with Gasteiger partial charge in [-0.05, 0) is 42.8 Å². The fraction of sp³-hybridized carbons (Fsp3) is 0.238. The number of hydrogen-bond donors (Lipinski definition) is 2. The first-order valence-electron chi connectivity index (χ1n) is 9.78. The highest BCUT2D eigenvalue weighted by atomic mass is 19.4. The molecule has 1 aromatic carbocycles. The van der Waals surface area contributed by atoms with E-state index in [0.717, 1.165) is 18.2 Å². The van der Waals surface area contributed by atoms with Crippen LogP contribution < -0.4 is 16.0 Å². The van der Waals surface area contributed by atoms with Crippen molar-refractivity contribution in [1.29, 1.82) is 0 Å². The molecule has 33 heavy (non-hydrogen) atoms. The number of rotatable bonds is 4. The van der Waals surface area contributed by atoms with Gasteiger partial charge in [-0.15, -0.1) is 0 Å². The largest absolute Gasteiger partial charge is 0.416 e. The van der Waals surface area contributed by atoms with Gasteiger partial charge in [0.1, 0.15) is 12.5 Å². The zero-order valence-corrected chi connectivity index (χ0v) is 17.2. The van der Waals surface area contributed by atoms with Crippen molar-refractivity contribution in [3.63, 3.8) is 0 Å². The Balaban J connectivity index is 1.66. The second kappa shape index (κ2) is 8.19. The molecule has 0 saturated heterocycles. The molecule has 1 aliphatic rings. The van der Waals surface area contributed by atoms with Gasteiger partial charge < -0.3 is 16.0 Å². The van der Waals surface area contributed by atoms with Crippen LogP contribution >= 0.6 is 0 Å².